The van der Waals surface area contributed by atoms with Crippen molar-refractivity contribution >= 4 is 27.8 Å². The number of fused-ring (bicyclic) bond motifs is 17. The molecule has 0 saturated carbocycles. The summed E-state index contributed by atoms with van der Waals surface area (Å²) in [7, 11) is 0. The van der Waals surface area contributed by atoms with Crippen LogP contribution in [0.4, 0.5) is 17.1 Å². The number of hydrogen-bond donors (Lipinski definition) is 0. The summed E-state index contributed by atoms with van der Waals surface area (Å²) in [4.78, 5) is 2.59. The molecule has 0 atom stereocenters. The zero-order valence-electron chi connectivity index (χ0n) is 44.7. The van der Waals surface area contributed by atoms with E-state index in [9.17, 15) is 0 Å². The van der Waals surface area contributed by atoms with Crippen LogP contribution in [0.25, 0.3) is 77.5 Å². The molecule has 0 fully saturated rings. The Morgan fingerprint density at radius 1 is 0.316 bits per heavy atom. The van der Waals surface area contributed by atoms with Gasteiger partial charge in [0, 0.05) is 27.6 Å². The molecule has 1 nitrogen and oxygen atoms in total. The lowest BCUT2D eigenvalue weighted by atomic mass is 9.68. The molecule has 4 aliphatic carbocycles. The minimum Gasteiger partial charge on any atom is -0.310 e. The second-order valence-electron chi connectivity index (χ2n) is 23.4. The summed E-state index contributed by atoms with van der Waals surface area (Å²) >= 11 is 0. The topological polar surface area (TPSA) is 3.24 Å². The molecule has 0 amide bonds. The Labute approximate surface area is 447 Å². The third-order valence-corrected chi connectivity index (χ3v) is 18.3. The lowest BCUT2D eigenvalue weighted by Crippen LogP contribution is -2.27. The van der Waals surface area contributed by atoms with Crippen LogP contribution in [-0.2, 0) is 16.2 Å². The monoisotopic (exact) mass is 973 g/mol. The van der Waals surface area contributed by atoms with Crippen LogP contribution in [0, 0.1) is 27.7 Å². The van der Waals surface area contributed by atoms with Crippen molar-refractivity contribution in [3.63, 3.8) is 0 Å². The van der Waals surface area contributed by atoms with Gasteiger partial charge in [-0.3, -0.25) is 0 Å². The Kier molecular flexibility index (Phi) is 9.32. The zero-order chi connectivity index (χ0) is 51.6. The van der Waals surface area contributed by atoms with Crippen molar-refractivity contribution in [1.29, 1.82) is 0 Å². The van der Waals surface area contributed by atoms with Gasteiger partial charge in [-0.25, -0.2) is 0 Å². The van der Waals surface area contributed by atoms with Crippen LogP contribution in [0.5, 0.6) is 0 Å². The Morgan fingerprint density at radius 3 is 1.41 bits per heavy atom. The van der Waals surface area contributed by atoms with Crippen LogP contribution in [0.3, 0.4) is 0 Å². The van der Waals surface area contributed by atoms with Gasteiger partial charge in [0.2, 0.25) is 0 Å². The summed E-state index contributed by atoms with van der Waals surface area (Å²) in [5.74, 6) is 0. The van der Waals surface area contributed by atoms with E-state index in [1.54, 1.807) is 0 Å². The van der Waals surface area contributed by atoms with Crippen LogP contribution in [0.2, 0.25) is 0 Å². The van der Waals surface area contributed by atoms with Crippen molar-refractivity contribution in [2.75, 3.05) is 4.90 Å². The first kappa shape index (κ1) is 44.9. The van der Waals surface area contributed by atoms with Crippen LogP contribution in [0.1, 0.15) is 94.5 Å². The molecule has 0 aromatic heterocycles. The van der Waals surface area contributed by atoms with Gasteiger partial charge in [-0.05, 0) is 192 Å². The molecular formula is C75H59N. The maximum atomic E-state index is 2.59. The van der Waals surface area contributed by atoms with Gasteiger partial charge in [0.05, 0.1) is 11.1 Å². The largest absolute Gasteiger partial charge is 0.310 e. The van der Waals surface area contributed by atoms with Gasteiger partial charge in [0.25, 0.3) is 0 Å². The second-order valence-corrected chi connectivity index (χ2v) is 23.4. The molecule has 0 radical (unpaired) electrons. The SMILES string of the molecule is Cc1cc(C)c2c(c1)C1(c3ccccc3-c3cccc(-c4cccc5cccc(N(c6ccc7c(c6)C(C)(C)c6ccccc6-7)c6ccc7c(c6)C(C)(C)c6cc(-c8ccccc8)ccc6-7)c45)c31)c1cc(C)cc(C)c1-2. The molecule has 0 heterocycles. The van der Waals surface area contributed by atoms with E-state index in [1.165, 1.54) is 144 Å². The normalized spacial score (nSPS) is 14.9. The summed E-state index contributed by atoms with van der Waals surface area (Å²) in [6.07, 6.45) is 0. The standard InChI is InChI=1S/C75H59N/c1-44-37-46(3)69-66(39-44)75(67-40-45(2)38-47(4)70(67)69)62-29-15-13-24-54(62)59-26-18-27-60(72(59)75)58-25-16-21-49-22-17-30-68(71(49)58)76(51-32-35-56-53-23-12-14-28-61(53)73(5,6)64(56)42-51)52-33-36-57-55-34-31-50(48-19-10-9-11-20-48)41-63(55)74(7,8)65(57)43-52/h9-43H,1-8H3. The lowest BCUT2D eigenvalue weighted by Gasteiger charge is -2.34. The molecule has 0 saturated heterocycles. The molecule has 364 valence electrons. The Hall–Kier alpha value is -8.52. The third-order valence-electron chi connectivity index (χ3n) is 18.3. The maximum Gasteiger partial charge on any atom is 0.0731 e. The first-order valence-corrected chi connectivity index (χ1v) is 27.2. The molecule has 0 unspecified atom stereocenters. The molecule has 0 bridgehead atoms. The smallest absolute Gasteiger partial charge is 0.0731 e. The van der Waals surface area contributed by atoms with E-state index >= 15 is 0 Å². The quantitative estimate of drug-likeness (QED) is 0.166. The molecule has 1 heteroatoms. The van der Waals surface area contributed by atoms with Crippen molar-refractivity contribution in [2.24, 2.45) is 0 Å². The van der Waals surface area contributed by atoms with E-state index in [1.807, 2.05) is 0 Å². The summed E-state index contributed by atoms with van der Waals surface area (Å²) in [5.41, 5.74) is 34.5. The van der Waals surface area contributed by atoms with Crippen LogP contribution in [0.15, 0.2) is 212 Å². The van der Waals surface area contributed by atoms with Crippen molar-refractivity contribution in [2.45, 2.75) is 71.6 Å². The summed E-state index contributed by atoms with van der Waals surface area (Å²) in [5, 5.41) is 2.45. The molecule has 4 aliphatic rings. The van der Waals surface area contributed by atoms with Gasteiger partial charge in [-0.2, -0.15) is 0 Å². The number of nitrogens with zero attached hydrogens (tertiary/aromatic N) is 1. The van der Waals surface area contributed by atoms with E-state index in [-0.39, 0.29) is 10.8 Å². The summed E-state index contributed by atoms with van der Waals surface area (Å²) < 4.78 is 0. The van der Waals surface area contributed by atoms with Crippen LogP contribution in [-0.4, -0.2) is 0 Å². The highest BCUT2D eigenvalue weighted by molar-refractivity contribution is 6.11. The average molecular weight is 974 g/mol. The van der Waals surface area contributed by atoms with Gasteiger partial charge >= 0.3 is 0 Å². The van der Waals surface area contributed by atoms with Gasteiger partial charge in [-0.15, -0.1) is 0 Å². The number of anilines is 3. The highest BCUT2D eigenvalue weighted by Crippen LogP contribution is 2.66. The third kappa shape index (κ3) is 5.92. The molecule has 11 aromatic rings. The highest BCUT2D eigenvalue weighted by atomic mass is 15.1. The summed E-state index contributed by atoms with van der Waals surface area (Å²) in [6.45, 7) is 18.8. The highest BCUT2D eigenvalue weighted by Gasteiger charge is 2.54. The fourth-order valence-electron chi connectivity index (χ4n) is 15.1. The van der Waals surface area contributed by atoms with E-state index in [2.05, 4.69) is 273 Å². The van der Waals surface area contributed by atoms with Crippen LogP contribution >= 0.6 is 0 Å². The Bertz CT molecular complexity index is 4270. The lowest BCUT2D eigenvalue weighted by molar-refractivity contribution is 0.660. The Morgan fingerprint density at radius 2 is 0.776 bits per heavy atom. The minimum atomic E-state index is -0.529. The number of aryl methyl sites for hydroxylation is 4. The number of hydrogen-bond acceptors (Lipinski definition) is 1. The fourth-order valence-corrected chi connectivity index (χ4v) is 15.1. The van der Waals surface area contributed by atoms with E-state index in [0.717, 1.165) is 17.1 Å². The molecule has 11 aromatic carbocycles. The maximum absolute atomic E-state index is 2.59. The fraction of sp³-hybridized carbons (Fsp3) is 0.147. The molecule has 76 heavy (non-hydrogen) atoms. The van der Waals surface area contributed by atoms with Gasteiger partial charge in [0.1, 0.15) is 0 Å². The molecule has 0 aliphatic heterocycles. The van der Waals surface area contributed by atoms with Crippen molar-refractivity contribution in [1.82, 2.24) is 0 Å². The first-order chi connectivity index (χ1) is 36.8. The number of benzene rings is 11. The predicted molar refractivity (Wildman–Crippen MR) is 320 cm³/mol. The first-order valence-electron chi connectivity index (χ1n) is 27.2. The van der Waals surface area contributed by atoms with Gasteiger partial charge < -0.3 is 4.90 Å². The molecule has 1 spiro atoms. The minimum absolute atomic E-state index is 0.176. The number of rotatable bonds is 5. The van der Waals surface area contributed by atoms with E-state index in [0.29, 0.717) is 0 Å². The van der Waals surface area contributed by atoms with Crippen molar-refractivity contribution < 1.29 is 0 Å². The molecular weight excluding hydrogens is 915 g/mol. The van der Waals surface area contributed by atoms with Gasteiger partial charge in [0.15, 0.2) is 0 Å². The second kappa shape index (κ2) is 15.8. The predicted octanol–water partition coefficient (Wildman–Crippen LogP) is 19.8. The van der Waals surface area contributed by atoms with E-state index in [4.69, 9.17) is 0 Å². The van der Waals surface area contributed by atoms with Gasteiger partial charge in [-0.1, -0.05) is 215 Å². The van der Waals surface area contributed by atoms with E-state index < -0.39 is 5.41 Å². The zero-order valence-corrected chi connectivity index (χ0v) is 44.7. The Balaban J connectivity index is 1.00. The average Bonchev–Trinajstić information content (AvgIpc) is 4.22. The van der Waals surface area contributed by atoms with Crippen molar-refractivity contribution in [3.05, 3.63) is 279 Å². The summed E-state index contributed by atoms with van der Waals surface area (Å²) in [6, 6.07) is 81.7. The molecule has 0 N–H and O–H groups in total. The van der Waals surface area contributed by atoms with Crippen molar-refractivity contribution in [3.8, 4) is 66.8 Å². The molecule has 15 rings (SSSR count). The van der Waals surface area contributed by atoms with Crippen LogP contribution < -0.4 is 4.90 Å².